The number of phenols is 2. The van der Waals surface area contributed by atoms with Crippen LogP contribution in [0, 0.1) is 0 Å². The Morgan fingerprint density at radius 3 is 2.12 bits per heavy atom. The van der Waals surface area contributed by atoms with Crippen LogP contribution in [0.5, 0.6) is 11.5 Å². The van der Waals surface area contributed by atoms with E-state index in [1.165, 1.54) is 44.2 Å². The van der Waals surface area contributed by atoms with E-state index in [4.69, 9.17) is 0 Å². The van der Waals surface area contributed by atoms with Crippen molar-refractivity contribution in [2.24, 2.45) is 0 Å². The fourth-order valence-electron chi connectivity index (χ4n) is 2.68. The van der Waals surface area contributed by atoms with E-state index in [1.807, 2.05) is 0 Å². The second kappa shape index (κ2) is 11.7. The van der Waals surface area contributed by atoms with Crippen molar-refractivity contribution in [2.75, 3.05) is 0 Å². The van der Waals surface area contributed by atoms with Gasteiger partial charge in [0.05, 0.1) is 6.42 Å². The Morgan fingerprint density at radius 2 is 1.46 bits per heavy atom. The molecule has 0 bridgehead atoms. The van der Waals surface area contributed by atoms with E-state index < -0.39 is 0 Å². The molecule has 0 aliphatic heterocycles. The smallest absolute Gasteiger partial charge is 0.157 e. The van der Waals surface area contributed by atoms with Crippen LogP contribution in [0.3, 0.4) is 0 Å². The first-order valence-corrected chi connectivity index (χ1v) is 9.07. The predicted molar refractivity (Wildman–Crippen MR) is 95.3 cm³/mol. The average Bonchev–Trinajstić information content (AvgIpc) is 2.55. The SMILES string of the molecule is CCCCCCCCCC(=O)CC(=O)CCc1ccc(O)c(O)c1. The number of hydrogen-bond donors (Lipinski definition) is 2. The Kier molecular flexibility index (Phi) is 9.81. The molecule has 4 heteroatoms. The molecule has 0 saturated heterocycles. The molecular weight excluding hydrogens is 304 g/mol. The molecule has 0 aliphatic rings. The zero-order valence-corrected chi connectivity index (χ0v) is 14.7. The van der Waals surface area contributed by atoms with Gasteiger partial charge in [-0.25, -0.2) is 0 Å². The third kappa shape index (κ3) is 8.70. The molecule has 0 saturated carbocycles. The van der Waals surface area contributed by atoms with Crippen LogP contribution in [0.4, 0.5) is 0 Å². The summed E-state index contributed by atoms with van der Waals surface area (Å²) in [5, 5.41) is 18.7. The maximum atomic E-state index is 11.9. The normalized spacial score (nSPS) is 10.7. The molecule has 0 unspecified atom stereocenters. The third-order valence-corrected chi connectivity index (χ3v) is 4.19. The van der Waals surface area contributed by atoms with Gasteiger partial charge in [-0.3, -0.25) is 9.59 Å². The van der Waals surface area contributed by atoms with Crippen molar-refractivity contribution < 1.29 is 19.8 Å². The molecule has 4 nitrogen and oxygen atoms in total. The van der Waals surface area contributed by atoms with Crippen molar-refractivity contribution in [3.8, 4) is 11.5 Å². The van der Waals surface area contributed by atoms with E-state index >= 15 is 0 Å². The summed E-state index contributed by atoms with van der Waals surface area (Å²) in [6.45, 7) is 2.19. The highest BCUT2D eigenvalue weighted by Gasteiger charge is 2.10. The summed E-state index contributed by atoms with van der Waals surface area (Å²) >= 11 is 0. The summed E-state index contributed by atoms with van der Waals surface area (Å²) in [5.74, 6) is -0.387. The van der Waals surface area contributed by atoms with Crippen molar-refractivity contribution in [1.29, 1.82) is 0 Å². The fraction of sp³-hybridized carbons (Fsp3) is 0.600. The van der Waals surface area contributed by atoms with Gasteiger partial charge >= 0.3 is 0 Å². The van der Waals surface area contributed by atoms with Crippen LogP contribution in [-0.2, 0) is 16.0 Å². The highest BCUT2D eigenvalue weighted by molar-refractivity contribution is 5.99. The summed E-state index contributed by atoms with van der Waals surface area (Å²) in [4.78, 5) is 23.7. The number of phenolic OH excluding ortho intramolecular Hbond substituents is 2. The van der Waals surface area contributed by atoms with Crippen LogP contribution in [-0.4, -0.2) is 21.8 Å². The number of hydrogen-bond acceptors (Lipinski definition) is 4. The zero-order valence-electron chi connectivity index (χ0n) is 14.7. The topological polar surface area (TPSA) is 74.6 Å². The number of aromatic hydroxyl groups is 2. The van der Waals surface area contributed by atoms with E-state index in [-0.39, 0.29) is 35.9 Å². The Bertz CT molecular complexity index is 522. The van der Waals surface area contributed by atoms with E-state index in [1.54, 1.807) is 6.07 Å². The van der Waals surface area contributed by atoms with Gasteiger partial charge in [0.25, 0.3) is 0 Å². The maximum absolute atomic E-state index is 11.9. The van der Waals surface area contributed by atoms with E-state index in [2.05, 4.69) is 6.92 Å². The fourth-order valence-corrected chi connectivity index (χ4v) is 2.68. The van der Waals surface area contributed by atoms with Gasteiger partial charge in [-0.1, -0.05) is 51.5 Å². The molecule has 2 N–H and O–H groups in total. The molecular formula is C20H30O4. The van der Waals surface area contributed by atoms with Gasteiger partial charge in [0.15, 0.2) is 11.5 Å². The van der Waals surface area contributed by atoms with Crippen LogP contribution in [0.2, 0.25) is 0 Å². The molecule has 24 heavy (non-hydrogen) atoms. The van der Waals surface area contributed by atoms with Crippen molar-refractivity contribution in [3.05, 3.63) is 23.8 Å². The molecule has 1 rings (SSSR count). The number of carbonyl (C=O) groups is 2. The van der Waals surface area contributed by atoms with Gasteiger partial charge in [0.1, 0.15) is 11.6 Å². The Hall–Kier alpha value is -1.84. The van der Waals surface area contributed by atoms with Gasteiger partial charge in [-0.05, 0) is 30.5 Å². The van der Waals surface area contributed by atoms with Gasteiger partial charge in [-0.2, -0.15) is 0 Å². The Labute approximate surface area is 144 Å². The lowest BCUT2D eigenvalue weighted by Crippen LogP contribution is -2.08. The molecule has 1 aromatic rings. The maximum Gasteiger partial charge on any atom is 0.157 e. The third-order valence-electron chi connectivity index (χ3n) is 4.19. The van der Waals surface area contributed by atoms with Crippen molar-refractivity contribution in [2.45, 2.75) is 77.6 Å². The lowest BCUT2D eigenvalue weighted by atomic mass is 10.0. The van der Waals surface area contributed by atoms with Gasteiger partial charge in [-0.15, -0.1) is 0 Å². The van der Waals surface area contributed by atoms with Crippen molar-refractivity contribution >= 4 is 11.6 Å². The van der Waals surface area contributed by atoms with Gasteiger partial charge in [0, 0.05) is 12.8 Å². The predicted octanol–water partition coefficient (Wildman–Crippen LogP) is 4.70. The first-order chi connectivity index (χ1) is 11.5. The second-order valence-corrected chi connectivity index (χ2v) is 6.45. The minimum absolute atomic E-state index is 0.0138. The number of Topliss-reactive ketones (excluding diaryl/α,β-unsaturated/α-hetero) is 2. The summed E-state index contributed by atoms with van der Waals surface area (Å²) in [6, 6.07) is 4.52. The van der Waals surface area contributed by atoms with Gasteiger partial charge in [0.2, 0.25) is 0 Å². The van der Waals surface area contributed by atoms with Crippen LogP contribution in [0.25, 0.3) is 0 Å². The largest absolute Gasteiger partial charge is 0.504 e. The number of rotatable bonds is 13. The summed E-state index contributed by atoms with van der Waals surface area (Å²) in [7, 11) is 0. The van der Waals surface area contributed by atoms with Crippen LogP contribution >= 0.6 is 0 Å². The number of benzene rings is 1. The van der Waals surface area contributed by atoms with E-state index in [0.29, 0.717) is 12.8 Å². The quantitative estimate of drug-likeness (QED) is 0.311. The summed E-state index contributed by atoms with van der Waals surface area (Å²) in [6.07, 6.45) is 9.42. The first kappa shape index (κ1) is 20.2. The molecule has 0 aliphatic carbocycles. The number of aryl methyl sites for hydroxylation is 1. The minimum Gasteiger partial charge on any atom is -0.504 e. The van der Waals surface area contributed by atoms with Crippen molar-refractivity contribution in [1.82, 2.24) is 0 Å². The monoisotopic (exact) mass is 334 g/mol. The van der Waals surface area contributed by atoms with Crippen LogP contribution in [0.15, 0.2) is 18.2 Å². The van der Waals surface area contributed by atoms with Crippen molar-refractivity contribution in [3.63, 3.8) is 0 Å². The highest BCUT2D eigenvalue weighted by Crippen LogP contribution is 2.25. The summed E-state index contributed by atoms with van der Waals surface area (Å²) < 4.78 is 0. The number of ketones is 2. The Morgan fingerprint density at radius 1 is 0.833 bits per heavy atom. The van der Waals surface area contributed by atoms with E-state index in [9.17, 15) is 19.8 Å². The molecule has 0 heterocycles. The lowest BCUT2D eigenvalue weighted by Gasteiger charge is -2.04. The standard InChI is InChI=1S/C20H30O4/c1-2-3-4-5-6-7-8-9-17(21)15-18(22)12-10-16-11-13-19(23)20(24)14-16/h11,13-14,23-24H,2-10,12,15H2,1H3. The molecule has 0 atom stereocenters. The van der Waals surface area contributed by atoms with Gasteiger partial charge < -0.3 is 10.2 Å². The molecule has 0 spiro atoms. The minimum atomic E-state index is -0.185. The Balaban J connectivity index is 2.13. The molecule has 0 aromatic heterocycles. The van der Waals surface area contributed by atoms with Crippen LogP contribution < -0.4 is 0 Å². The zero-order chi connectivity index (χ0) is 17.8. The molecule has 0 fully saturated rings. The molecule has 1 aromatic carbocycles. The second-order valence-electron chi connectivity index (χ2n) is 6.45. The van der Waals surface area contributed by atoms with E-state index in [0.717, 1.165) is 18.4 Å². The van der Waals surface area contributed by atoms with Crippen LogP contribution in [0.1, 0.15) is 76.7 Å². The average molecular weight is 334 g/mol. The lowest BCUT2D eigenvalue weighted by molar-refractivity contribution is -0.127. The molecule has 0 amide bonds. The number of unbranched alkanes of at least 4 members (excludes halogenated alkanes) is 6. The first-order valence-electron chi connectivity index (χ1n) is 9.07. The summed E-state index contributed by atoms with van der Waals surface area (Å²) in [5.41, 5.74) is 0.776. The molecule has 134 valence electrons. The molecule has 0 radical (unpaired) electrons. The number of carbonyl (C=O) groups excluding carboxylic acids is 2. The highest BCUT2D eigenvalue weighted by atomic mass is 16.3.